The van der Waals surface area contributed by atoms with Gasteiger partial charge in [-0.3, -0.25) is 0 Å². The maximum atomic E-state index is 14.4. The average molecular weight is 899 g/mol. The van der Waals surface area contributed by atoms with E-state index >= 15 is 0 Å². The first-order valence-electron chi connectivity index (χ1n) is 24.0. The molecule has 0 unspecified atom stereocenters. The van der Waals surface area contributed by atoms with E-state index in [2.05, 4.69) is 32.9 Å². The first kappa shape index (κ1) is 48.2. The van der Waals surface area contributed by atoms with E-state index in [1.54, 1.807) is 33.3 Å². The number of ether oxygens (including phenoxy) is 10. The highest BCUT2D eigenvalue weighted by molar-refractivity contribution is 5.93. The minimum atomic E-state index is -1.89. The van der Waals surface area contributed by atoms with Crippen LogP contribution in [0.15, 0.2) is 59.3 Å². The Morgan fingerprint density at radius 2 is 1.52 bits per heavy atom. The molecule has 358 valence electrons. The molecule has 4 saturated heterocycles. The van der Waals surface area contributed by atoms with Crippen LogP contribution in [0.1, 0.15) is 106 Å². The highest BCUT2D eigenvalue weighted by Crippen LogP contribution is 2.47. The first-order chi connectivity index (χ1) is 30.6. The molecule has 19 atom stereocenters. The van der Waals surface area contributed by atoms with Gasteiger partial charge in [0, 0.05) is 57.7 Å². The van der Waals surface area contributed by atoms with Crippen molar-refractivity contribution in [2.45, 2.75) is 203 Å². The van der Waals surface area contributed by atoms with Gasteiger partial charge in [0.05, 0.1) is 61.0 Å². The van der Waals surface area contributed by atoms with E-state index in [1.165, 1.54) is 19.3 Å². The van der Waals surface area contributed by atoms with E-state index in [0.29, 0.717) is 43.6 Å². The second-order valence-electron chi connectivity index (χ2n) is 20.0. The van der Waals surface area contributed by atoms with Crippen molar-refractivity contribution in [2.75, 3.05) is 20.8 Å². The lowest BCUT2D eigenvalue weighted by Gasteiger charge is -2.49. The van der Waals surface area contributed by atoms with Gasteiger partial charge >= 0.3 is 5.97 Å². The topological polar surface area (TPSA) is 170 Å². The number of esters is 1. The number of carbonyl (C=O) groups is 1. The molecule has 14 heteroatoms. The van der Waals surface area contributed by atoms with E-state index < -0.39 is 90.8 Å². The number of aliphatic hydroxyl groups excluding tert-OH is 2. The summed E-state index contributed by atoms with van der Waals surface area (Å²) in [7, 11) is 3.23. The molecular weight excluding hydrogens is 825 g/mol. The fraction of sp³-hybridized carbons (Fsp3) is 0.780. The van der Waals surface area contributed by atoms with Crippen LogP contribution in [0.2, 0.25) is 0 Å². The van der Waals surface area contributed by atoms with E-state index in [1.807, 2.05) is 32.1 Å². The summed E-state index contributed by atoms with van der Waals surface area (Å²) in [4.78, 5) is 14.4. The van der Waals surface area contributed by atoms with Crippen molar-refractivity contribution in [1.82, 2.24) is 0 Å². The van der Waals surface area contributed by atoms with Gasteiger partial charge in [-0.1, -0.05) is 76.5 Å². The number of rotatable bonds is 7. The molecule has 8 rings (SSSR count). The van der Waals surface area contributed by atoms with Gasteiger partial charge in [-0.25, -0.2) is 4.79 Å². The van der Waals surface area contributed by atoms with Gasteiger partial charge in [0.2, 0.25) is 0 Å². The Balaban J connectivity index is 1.08. The molecule has 2 bridgehead atoms. The molecule has 0 aromatic rings. The monoisotopic (exact) mass is 899 g/mol. The molecule has 3 N–H and O–H groups in total. The third-order valence-corrected chi connectivity index (χ3v) is 15.4. The molecule has 14 nitrogen and oxygen atoms in total. The smallest absolute Gasteiger partial charge is 0.337 e. The SMILES string of the molecule is CO[C@H]1C[C@H](O[C@H]2[C@H](C)O[C@@H](O[C@@H]3/C(C)=C/C[C@@H]4C[C@@H](C[C@]5(C=C[C@H](C)[C@@H](C6CCCCC6)O5)O4)OC(=O)C4=C[C@H](C)[C@@H](O)[C@H]5OC/C(=C\C=C[C@@H]3C)[C@@]45O)C[C@@H]2OC)O[C@@H](C)[C@@H]1O. The molecule has 6 heterocycles. The summed E-state index contributed by atoms with van der Waals surface area (Å²) in [6, 6.07) is 0. The molecule has 0 radical (unpaired) electrons. The third-order valence-electron chi connectivity index (χ3n) is 15.4. The Morgan fingerprint density at radius 1 is 0.797 bits per heavy atom. The Morgan fingerprint density at radius 3 is 2.27 bits per heavy atom. The van der Waals surface area contributed by atoms with Crippen molar-refractivity contribution in [2.24, 2.45) is 23.7 Å². The van der Waals surface area contributed by atoms with Crippen molar-refractivity contribution in [3.63, 3.8) is 0 Å². The second kappa shape index (κ2) is 20.1. The number of hydrogen-bond donors (Lipinski definition) is 3. The number of aliphatic hydroxyl groups is 3. The molecule has 64 heavy (non-hydrogen) atoms. The standard InChI is InChI=1S/C50H74O14/c1-27-13-12-16-34-26-57-47-42(51)30(4)21-37(50(34,47)54)48(53)60-36-22-35(63-49(25-36)20-19-29(3)45(64-49)33-14-10-9-11-15-33)18-17-28(2)44(27)61-41-24-39(56-8)46(32(6)59-41)62-40-23-38(55-7)43(52)31(5)58-40/h12-13,16-17,19-21,27,29-33,35-36,38-47,51-52,54H,9-11,14-15,18,22-26H2,1-8H3/b13-12?,28-17+,34-16+/t27-,29-,30-,31-,32-,35+,36-,38-,39-,40-,41-,42+,43-,44-,45-,46-,47+,49+,50+/m0/s1. The Bertz CT molecular complexity index is 1790. The molecule has 1 saturated carbocycles. The molecular formula is C50H74O14. The molecule has 1 spiro atoms. The lowest BCUT2D eigenvalue weighted by Crippen LogP contribution is -2.56. The summed E-state index contributed by atoms with van der Waals surface area (Å²) in [5.41, 5.74) is -0.390. The van der Waals surface area contributed by atoms with Crippen LogP contribution >= 0.6 is 0 Å². The lowest BCUT2D eigenvalue weighted by atomic mass is 9.72. The fourth-order valence-electron chi connectivity index (χ4n) is 11.6. The van der Waals surface area contributed by atoms with Gasteiger partial charge in [-0.15, -0.1) is 0 Å². The molecule has 8 aliphatic rings. The molecule has 0 aromatic carbocycles. The maximum absolute atomic E-state index is 14.4. The van der Waals surface area contributed by atoms with Crippen LogP contribution in [0.3, 0.4) is 0 Å². The van der Waals surface area contributed by atoms with Crippen LogP contribution in [-0.2, 0) is 52.2 Å². The van der Waals surface area contributed by atoms with Crippen molar-refractivity contribution in [3.05, 3.63) is 59.3 Å². The van der Waals surface area contributed by atoms with Gasteiger partial charge < -0.3 is 62.7 Å². The van der Waals surface area contributed by atoms with Crippen LogP contribution in [0, 0.1) is 23.7 Å². The number of carbonyl (C=O) groups excluding carboxylic acids is 1. The average Bonchev–Trinajstić information content (AvgIpc) is 3.62. The quantitative estimate of drug-likeness (QED) is 0.204. The molecule has 0 amide bonds. The zero-order valence-electron chi connectivity index (χ0n) is 39.0. The van der Waals surface area contributed by atoms with E-state index in [4.69, 9.17) is 47.4 Å². The number of fused-ring (bicyclic) bond motifs is 2. The zero-order chi connectivity index (χ0) is 45.5. The van der Waals surface area contributed by atoms with Gasteiger partial charge in [0.1, 0.15) is 30.0 Å². The number of methoxy groups -OCH3 is 2. The maximum Gasteiger partial charge on any atom is 0.337 e. The van der Waals surface area contributed by atoms with E-state index in [-0.39, 0.29) is 42.3 Å². The van der Waals surface area contributed by atoms with Gasteiger partial charge in [-0.2, -0.15) is 0 Å². The predicted octanol–water partition coefficient (Wildman–Crippen LogP) is 5.91. The Labute approximate surface area is 379 Å². The first-order valence-corrected chi connectivity index (χ1v) is 24.0. The molecule has 6 aliphatic heterocycles. The summed E-state index contributed by atoms with van der Waals surface area (Å²) in [6.45, 7) is 11.9. The Kier molecular flexibility index (Phi) is 15.1. The largest absolute Gasteiger partial charge is 0.459 e. The van der Waals surface area contributed by atoms with Gasteiger partial charge in [-0.05, 0) is 63.2 Å². The summed E-state index contributed by atoms with van der Waals surface area (Å²) < 4.78 is 64.1. The lowest BCUT2D eigenvalue weighted by molar-refractivity contribution is -0.318. The van der Waals surface area contributed by atoms with Gasteiger partial charge in [0.25, 0.3) is 0 Å². The minimum Gasteiger partial charge on any atom is -0.459 e. The summed E-state index contributed by atoms with van der Waals surface area (Å²) in [6.07, 6.45) is 13.8. The highest BCUT2D eigenvalue weighted by atomic mass is 16.7. The van der Waals surface area contributed by atoms with Crippen LogP contribution in [0.5, 0.6) is 0 Å². The van der Waals surface area contributed by atoms with Crippen molar-refractivity contribution >= 4 is 5.97 Å². The van der Waals surface area contributed by atoms with Crippen molar-refractivity contribution in [1.29, 1.82) is 0 Å². The van der Waals surface area contributed by atoms with E-state index in [0.717, 1.165) is 18.4 Å². The summed E-state index contributed by atoms with van der Waals surface area (Å²) in [5, 5.41) is 34.3. The van der Waals surface area contributed by atoms with E-state index in [9.17, 15) is 20.1 Å². The normalized spacial score (nSPS) is 48.7. The fourth-order valence-corrected chi connectivity index (χ4v) is 11.6. The summed E-state index contributed by atoms with van der Waals surface area (Å²) in [5.74, 6) is -1.75. The minimum absolute atomic E-state index is 0.0260. The third kappa shape index (κ3) is 9.82. The Hall–Kier alpha value is -2.31. The number of allylic oxidation sites excluding steroid dienone is 2. The predicted molar refractivity (Wildman–Crippen MR) is 234 cm³/mol. The zero-order valence-corrected chi connectivity index (χ0v) is 39.0. The van der Waals surface area contributed by atoms with Crippen LogP contribution in [0.4, 0.5) is 0 Å². The molecule has 5 fully saturated rings. The highest BCUT2D eigenvalue weighted by Gasteiger charge is 2.59. The summed E-state index contributed by atoms with van der Waals surface area (Å²) >= 11 is 0. The van der Waals surface area contributed by atoms with Crippen LogP contribution in [0.25, 0.3) is 0 Å². The van der Waals surface area contributed by atoms with Crippen LogP contribution < -0.4 is 0 Å². The molecule has 2 aliphatic carbocycles. The molecule has 0 aromatic heterocycles. The van der Waals surface area contributed by atoms with Crippen LogP contribution in [-0.4, -0.2) is 139 Å². The number of hydrogen-bond acceptors (Lipinski definition) is 14. The second-order valence-corrected chi connectivity index (χ2v) is 20.0. The van der Waals surface area contributed by atoms with Crippen molar-refractivity contribution < 1.29 is 67.5 Å². The van der Waals surface area contributed by atoms with Gasteiger partial charge in [0.15, 0.2) is 18.4 Å². The van der Waals surface area contributed by atoms with Crippen molar-refractivity contribution in [3.8, 4) is 0 Å².